The van der Waals surface area contributed by atoms with Gasteiger partial charge in [-0.3, -0.25) is 0 Å². The zero-order valence-electron chi connectivity index (χ0n) is 11.8. The van der Waals surface area contributed by atoms with Gasteiger partial charge in [0.05, 0.1) is 0 Å². The Bertz CT molecular complexity index is 564. The number of benzene rings is 2. The van der Waals surface area contributed by atoms with E-state index in [1.165, 1.54) is 12.1 Å². The normalized spacial score (nSPS) is 13.1. The lowest BCUT2D eigenvalue weighted by Gasteiger charge is -2.22. The van der Waals surface area contributed by atoms with Gasteiger partial charge in [0.25, 0.3) is 0 Å². The van der Waals surface area contributed by atoms with Gasteiger partial charge in [0.1, 0.15) is 6.04 Å². The fourth-order valence-electron chi connectivity index (χ4n) is 2.30. The van der Waals surface area contributed by atoms with Crippen molar-refractivity contribution in [3.05, 3.63) is 71.3 Å². The second-order valence-electron chi connectivity index (χ2n) is 5.08. The number of rotatable bonds is 5. The van der Waals surface area contributed by atoms with Crippen molar-refractivity contribution >= 4 is 0 Å². The molecule has 4 heteroatoms. The molecule has 0 saturated heterocycles. The van der Waals surface area contributed by atoms with Gasteiger partial charge in [0, 0.05) is 6.54 Å². The van der Waals surface area contributed by atoms with Crippen LogP contribution in [0, 0.1) is 6.92 Å². The quantitative estimate of drug-likeness (QED) is 0.860. The summed E-state index contributed by atoms with van der Waals surface area (Å²) in [5.41, 5.74) is 2.40. The van der Waals surface area contributed by atoms with Crippen molar-refractivity contribution in [2.75, 3.05) is 6.54 Å². The molecule has 0 aliphatic carbocycles. The SMILES string of the molecule is Cc1cccc(CCNC(c2ccccc2)C(F)(F)F)c1. The van der Waals surface area contributed by atoms with Crippen LogP contribution in [-0.2, 0) is 6.42 Å². The molecule has 1 unspecified atom stereocenters. The van der Waals surface area contributed by atoms with E-state index in [-0.39, 0.29) is 12.1 Å². The van der Waals surface area contributed by atoms with Gasteiger partial charge in [0.15, 0.2) is 0 Å². The lowest BCUT2D eigenvalue weighted by molar-refractivity contribution is -0.157. The van der Waals surface area contributed by atoms with E-state index in [1.807, 2.05) is 31.2 Å². The minimum atomic E-state index is -4.30. The molecule has 21 heavy (non-hydrogen) atoms. The molecule has 112 valence electrons. The number of hydrogen-bond acceptors (Lipinski definition) is 1. The largest absolute Gasteiger partial charge is 0.407 e. The molecule has 2 aromatic rings. The van der Waals surface area contributed by atoms with Gasteiger partial charge in [-0.1, -0.05) is 60.2 Å². The molecule has 0 aliphatic rings. The van der Waals surface area contributed by atoms with E-state index in [9.17, 15) is 13.2 Å². The Balaban J connectivity index is 2.00. The standard InChI is InChI=1S/C17H18F3N/c1-13-6-5-7-14(12-13)10-11-21-16(17(18,19)20)15-8-3-2-4-9-15/h2-9,12,16,21H,10-11H2,1H3. The van der Waals surface area contributed by atoms with Crippen molar-refractivity contribution in [2.45, 2.75) is 25.6 Å². The number of hydrogen-bond donors (Lipinski definition) is 1. The van der Waals surface area contributed by atoms with Crippen LogP contribution in [0.4, 0.5) is 13.2 Å². The van der Waals surface area contributed by atoms with Crippen molar-refractivity contribution < 1.29 is 13.2 Å². The Morgan fingerprint density at radius 1 is 1.00 bits per heavy atom. The van der Waals surface area contributed by atoms with Gasteiger partial charge in [-0.2, -0.15) is 13.2 Å². The maximum absolute atomic E-state index is 13.1. The summed E-state index contributed by atoms with van der Waals surface area (Å²) in [7, 11) is 0. The molecule has 0 aliphatic heterocycles. The first-order valence-electron chi connectivity index (χ1n) is 6.87. The van der Waals surface area contributed by atoms with Crippen LogP contribution in [0.3, 0.4) is 0 Å². The summed E-state index contributed by atoms with van der Waals surface area (Å²) >= 11 is 0. The molecule has 0 amide bonds. The van der Waals surface area contributed by atoms with Crippen LogP contribution < -0.4 is 5.32 Å². The second kappa shape index (κ2) is 6.76. The minimum absolute atomic E-state index is 0.245. The van der Waals surface area contributed by atoms with Crippen LogP contribution in [0.5, 0.6) is 0 Å². The molecular weight excluding hydrogens is 275 g/mol. The fraction of sp³-hybridized carbons (Fsp3) is 0.294. The van der Waals surface area contributed by atoms with Gasteiger partial charge in [0.2, 0.25) is 0 Å². The molecule has 0 radical (unpaired) electrons. The van der Waals surface area contributed by atoms with E-state index in [0.29, 0.717) is 6.42 Å². The van der Waals surface area contributed by atoms with E-state index >= 15 is 0 Å². The van der Waals surface area contributed by atoms with E-state index in [4.69, 9.17) is 0 Å². The Hall–Kier alpha value is -1.81. The van der Waals surface area contributed by atoms with Gasteiger partial charge in [-0.15, -0.1) is 0 Å². The third-order valence-corrected chi connectivity index (χ3v) is 3.30. The number of nitrogens with one attached hydrogen (secondary N) is 1. The molecule has 1 atom stereocenters. The molecule has 2 aromatic carbocycles. The maximum atomic E-state index is 13.1. The Morgan fingerprint density at radius 3 is 2.33 bits per heavy atom. The molecule has 2 rings (SSSR count). The van der Waals surface area contributed by atoms with Crippen molar-refractivity contribution in [2.24, 2.45) is 0 Å². The van der Waals surface area contributed by atoms with Crippen LogP contribution in [0.2, 0.25) is 0 Å². The van der Waals surface area contributed by atoms with Crippen LogP contribution in [0.15, 0.2) is 54.6 Å². The van der Waals surface area contributed by atoms with Crippen LogP contribution in [0.25, 0.3) is 0 Å². The summed E-state index contributed by atoms with van der Waals surface area (Å²) < 4.78 is 39.4. The second-order valence-corrected chi connectivity index (χ2v) is 5.08. The third-order valence-electron chi connectivity index (χ3n) is 3.30. The summed E-state index contributed by atoms with van der Waals surface area (Å²) in [5.74, 6) is 0. The fourth-order valence-corrected chi connectivity index (χ4v) is 2.30. The number of alkyl halides is 3. The molecule has 0 fully saturated rings. The topological polar surface area (TPSA) is 12.0 Å². The molecule has 1 nitrogen and oxygen atoms in total. The molecular formula is C17H18F3N. The third kappa shape index (κ3) is 4.60. The summed E-state index contributed by atoms with van der Waals surface area (Å²) in [4.78, 5) is 0. The highest BCUT2D eigenvalue weighted by Gasteiger charge is 2.40. The minimum Gasteiger partial charge on any atom is -0.302 e. The van der Waals surface area contributed by atoms with E-state index in [2.05, 4.69) is 5.32 Å². The van der Waals surface area contributed by atoms with Gasteiger partial charge >= 0.3 is 6.18 Å². The maximum Gasteiger partial charge on any atom is 0.407 e. The summed E-state index contributed by atoms with van der Waals surface area (Å²) in [6.45, 7) is 2.25. The first-order valence-corrected chi connectivity index (χ1v) is 6.87. The van der Waals surface area contributed by atoms with Crippen LogP contribution >= 0.6 is 0 Å². The first kappa shape index (κ1) is 15.6. The monoisotopic (exact) mass is 293 g/mol. The molecule has 0 saturated carbocycles. The zero-order chi connectivity index (χ0) is 15.3. The van der Waals surface area contributed by atoms with E-state index < -0.39 is 12.2 Å². The summed E-state index contributed by atoms with van der Waals surface area (Å²) in [6, 6.07) is 14.1. The molecule has 0 heterocycles. The lowest BCUT2D eigenvalue weighted by Crippen LogP contribution is -2.35. The van der Waals surface area contributed by atoms with Gasteiger partial charge in [-0.25, -0.2) is 0 Å². The van der Waals surface area contributed by atoms with E-state index in [0.717, 1.165) is 11.1 Å². The average molecular weight is 293 g/mol. The number of aryl methyl sites for hydroxylation is 1. The van der Waals surface area contributed by atoms with Crippen molar-refractivity contribution in [3.63, 3.8) is 0 Å². The van der Waals surface area contributed by atoms with E-state index in [1.54, 1.807) is 18.2 Å². The highest BCUT2D eigenvalue weighted by molar-refractivity contribution is 5.23. The summed E-state index contributed by atoms with van der Waals surface area (Å²) in [6.07, 6.45) is -3.73. The lowest BCUT2D eigenvalue weighted by atomic mass is 10.1. The molecule has 0 spiro atoms. The van der Waals surface area contributed by atoms with Crippen molar-refractivity contribution in [1.29, 1.82) is 0 Å². The Kier molecular flexibility index (Phi) is 5.02. The summed E-state index contributed by atoms with van der Waals surface area (Å²) in [5, 5.41) is 2.62. The van der Waals surface area contributed by atoms with Gasteiger partial charge < -0.3 is 5.32 Å². The first-order chi connectivity index (χ1) is 9.97. The average Bonchev–Trinajstić information content (AvgIpc) is 2.43. The predicted molar refractivity (Wildman–Crippen MR) is 78.1 cm³/mol. The highest BCUT2D eigenvalue weighted by atomic mass is 19.4. The highest BCUT2D eigenvalue weighted by Crippen LogP contribution is 2.32. The smallest absolute Gasteiger partial charge is 0.302 e. The van der Waals surface area contributed by atoms with Crippen LogP contribution in [-0.4, -0.2) is 12.7 Å². The Labute approximate surface area is 122 Å². The van der Waals surface area contributed by atoms with Crippen LogP contribution in [0.1, 0.15) is 22.7 Å². The molecule has 0 bridgehead atoms. The zero-order valence-corrected chi connectivity index (χ0v) is 11.8. The number of halogens is 3. The van der Waals surface area contributed by atoms with Crippen molar-refractivity contribution in [3.8, 4) is 0 Å². The van der Waals surface area contributed by atoms with Crippen molar-refractivity contribution in [1.82, 2.24) is 5.32 Å². The molecule has 1 N–H and O–H groups in total. The Morgan fingerprint density at radius 2 is 1.71 bits per heavy atom. The molecule has 0 aromatic heterocycles. The predicted octanol–water partition coefficient (Wildman–Crippen LogP) is 4.43. The van der Waals surface area contributed by atoms with Gasteiger partial charge in [-0.05, 0) is 24.5 Å².